The van der Waals surface area contributed by atoms with E-state index in [9.17, 15) is 37.8 Å². The van der Waals surface area contributed by atoms with Gasteiger partial charge in [-0.05, 0) is 97.0 Å². The molecule has 1 aliphatic rings. The first-order valence-corrected chi connectivity index (χ1v) is 18.4. The lowest BCUT2D eigenvalue weighted by atomic mass is 9.86. The molecule has 2 amide bonds. The van der Waals surface area contributed by atoms with Crippen molar-refractivity contribution in [2.24, 2.45) is 0 Å². The molecular weight excluding hydrogens is 720 g/mol. The summed E-state index contributed by atoms with van der Waals surface area (Å²) in [6.07, 6.45) is 2.05. The fourth-order valence-electron chi connectivity index (χ4n) is 6.35. The van der Waals surface area contributed by atoms with Crippen LogP contribution in [0, 0.1) is 6.92 Å². The number of amides is 2. The van der Waals surface area contributed by atoms with E-state index in [-0.39, 0.29) is 16.5 Å². The van der Waals surface area contributed by atoms with Crippen molar-refractivity contribution in [2.45, 2.75) is 43.7 Å². The molecule has 0 saturated carbocycles. The van der Waals surface area contributed by atoms with Crippen LogP contribution in [0.15, 0.2) is 114 Å². The van der Waals surface area contributed by atoms with Crippen LogP contribution < -0.4 is 9.46 Å². The van der Waals surface area contributed by atoms with E-state index in [0.29, 0.717) is 35.1 Å². The topological polar surface area (TPSA) is 167 Å². The van der Waals surface area contributed by atoms with Crippen molar-refractivity contribution in [3.8, 4) is 11.5 Å². The lowest BCUT2D eigenvalue weighted by molar-refractivity contribution is 0.0614. The highest BCUT2D eigenvalue weighted by Crippen LogP contribution is 2.37. The second-order valence-corrected chi connectivity index (χ2v) is 14.6. The molecule has 53 heavy (non-hydrogen) atoms. The average Bonchev–Trinajstić information content (AvgIpc) is 3.14. The first kappa shape index (κ1) is 36.8. The summed E-state index contributed by atoms with van der Waals surface area (Å²) >= 11 is 6.08. The number of para-hydroxylation sites is 1. The summed E-state index contributed by atoms with van der Waals surface area (Å²) in [5, 5.41) is 20.7. The molecule has 1 aliphatic carbocycles. The van der Waals surface area contributed by atoms with Crippen LogP contribution in [-0.4, -0.2) is 47.3 Å². The third-order valence-electron chi connectivity index (χ3n) is 8.98. The molecule has 11 nitrogen and oxygen atoms in total. The van der Waals surface area contributed by atoms with Gasteiger partial charge in [-0.2, -0.15) is 0 Å². The van der Waals surface area contributed by atoms with Crippen LogP contribution >= 0.6 is 11.6 Å². The van der Waals surface area contributed by atoms with Gasteiger partial charge in [0.2, 0.25) is 0 Å². The van der Waals surface area contributed by atoms with Crippen LogP contribution in [0.25, 0.3) is 0 Å². The Balaban J connectivity index is 1.41. The van der Waals surface area contributed by atoms with Crippen LogP contribution in [0.4, 0.5) is 0 Å². The zero-order chi connectivity index (χ0) is 37.9. The molecule has 0 aliphatic heterocycles. The smallest absolute Gasteiger partial charge is 0.336 e. The van der Waals surface area contributed by atoms with Crippen LogP contribution in [-0.2, 0) is 23.0 Å². The van der Waals surface area contributed by atoms with Gasteiger partial charge in [0.25, 0.3) is 21.8 Å². The molecule has 0 bridgehead atoms. The van der Waals surface area contributed by atoms with Crippen LogP contribution in [0.3, 0.4) is 0 Å². The number of aryl methyl sites for hydroxylation is 2. The number of carboxylic acid groups (broad SMARTS) is 2. The van der Waals surface area contributed by atoms with E-state index in [1.54, 1.807) is 48.0 Å². The number of fused-ring (bicyclic) bond motifs is 1. The van der Waals surface area contributed by atoms with Gasteiger partial charge in [-0.25, -0.2) is 22.7 Å². The maximum Gasteiger partial charge on any atom is 0.336 e. The SMILES string of the molecule is Cc1ccc(S(=O)(=O)NC(=O)c2cc(C(=O)O)c(C(=O)N(Cc3cccc(Oc4ccccc4)c3)[C@H]3CCCc4ccccc43)cc2C(=O)O)cc1Cl. The van der Waals surface area contributed by atoms with Gasteiger partial charge in [-0.15, -0.1) is 0 Å². The van der Waals surface area contributed by atoms with Gasteiger partial charge in [-0.3, -0.25) is 9.59 Å². The third-order valence-corrected chi connectivity index (χ3v) is 10.7. The molecule has 0 spiro atoms. The van der Waals surface area contributed by atoms with Crippen molar-refractivity contribution in [3.05, 3.63) is 159 Å². The highest BCUT2D eigenvalue weighted by Gasteiger charge is 2.34. The minimum atomic E-state index is -4.57. The highest BCUT2D eigenvalue weighted by atomic mass is 35.5. The van der Waals surface area contributed by atoms with Crippen LogP contribution in [0.1, 0.15) is 82.6 Å². The number of nitrogens with zero attached hydrogens (tertiary/aromatic N) is 1. The number of benzene rings is 5. The van der Waals surface area contributed by atoms with E-state index in [1.165, 1.54) is 17.0 Å². The fourth-order valence-corrected chi connectivity index (χ4v) is 7.59. The minimum Gasteiger partial charge on any atom is -0.478 e. The number of nitrogens with one attached hydrogen (secondary N) is 1. The number of carbonyl (C=O) groups excluding carboxylic acids is 2. The van der Waals surface area contributed by atoms with Gasteiger partial charge in [0.15, 0.2) is 0 Å². The number of ether oxygens (including phenoxy) is 1. The van der Waals surface area contributed by atoms with E-state index in [1.807, 2.05) is 42.5 Å². The summed E-state index contributed by atoms with van der Waals surface area (Å²) in [6, 6.07) is 28.6. The molecule has 0 saturated heterocycles. The Hall–Kier alpha value is -5.98. The Bertz CT molecular complexity index is 2360. The van der Waals surface area contributed by atoms with Gasteiger partial charge in [-0.1, -0.05) is 72.3 Å². The number of carboxylic acids is 2. The summed E-state index contributed by atoms with van der Waals surface area (Å²) in [5.74, 6) is -4.41. The van der Waals surface area contributed by atoms with Crippen molar-refractivity contribution in [1.29, 1.82) is 0 Å². The molecule has 0 heterocycles. The van der Waals surface area contributed by atoms with Crippen LogP contribution in [0.5, 0.6) is 11.5 Å². The fraction of sp³-hybridized carbons (Fsp3) is 0.150. The van der Waals surface area contributed by atoms with E-state index in [2.05, 4.69) is 0 Å². The van der Waals surface area contributed by atoms with E-state index in [0.717, 1.165) is 36.1 Å². The molecule has 0 unspecified atom stereocenters. The molecule has 5 aromatic carbocycles. The van der Waals surface area contributed by atoms with Crippen molar-refractivity contribution in [3.63, 3.8) is 0 Å². The Kier molecular flexibility index (Phi) is 10.6. The average molecular weight is 753 g/mol. The normalized spacial score (nSPS) is 13.7. The Labute approximate surface area is 310 Å². The van der Waals surface area contributed by atoms with Gasteiger partial charge in [0.1, 0.15) is 11.5 Å². The summed E-state index contributed by atoms with van der Waals surface area (Å²) < 4.78 is 34.0. The molecule has 270 valence electrons. The monoisotopic (exact) mass is 752 g/mol. The number of sulfonamides is 1. The second-order valence-electron chi connectivity index (χ2n) is 12.5. The van der Waals surface area contributed by atoms with Crippen molar-refractivity contribution >= 4 is 45.4 Å². The quantitative estimate of drug-likeness (QED) is 0.123. The summed E-state index contributed by atoms with van der Waals surface area (Å²) in [7, 11) is -4.57. The Morgan fingerprint density at radius 1 is 0.792 bits per heavy atom. The predicted molar refractivity (Wildman–Crippen MR) is 196 cm³/mol. The number of aromatic carboxylic acids is 2. The maximum atomic E-state index is 14.7. The Morgan fingerprint density at radius 2 is 1.45 bits per heavy atom. The number of hydrogen-bond acceptors (Lipinski definition) is 7. The predicted octanol–water partition coefficient (Wildman–Crippen LogP) is 7.68. The van der Waals surface area contributed by atoms with Gasteiger partial charge < -0.3 is 19.8 Å². The lowest BCUT2D eigenvalue weighted by Crippen LogP contribution is -2.37. The third kappa shape index (κ3) is 8.09. The van der Waals surface area contributed by atoms with E-state index in [4.69, 9.17) is 16.3 Å². The second kappa shape index (κ2) is 15.3. The molecule has 1 atom stereocenters. The number of halogens is 1. The maximum absolute atomic E-state index is 14.7. The summed E-state index contributed by atoms with van der Waals surface area (Å²) in [4.78, 5) is 54.6. The molecule has 13 heteroatoms. The number of hydrogen-bond donors (Lipinski definition) is 3. The summed E-state index contributed by atoms with van der Waals surface area (Å²) in [6.45, 7) is 1.64. The van der Waals surface area contributed by atoms with Crippen molar-refractivity contribution < 1.29 is 42.5 Å². The van der Waals surface area contributed by atoms with Crippen LogP contribution in [0.2, 0.25) is 5.02 Å². The van der Waals surface area contributed by atoms with Gasteiger partial charge >= 0.3 is 11.9 Å². The van der Waals surface area contributed by atoms with E-state index < -0.39 is 62.1 Å². The summed E-state index contributed by atoms with van der Waals surface area (Å²) in [5.41, 5.74) is 0.421. The van der Waals surface area contributed by atoms with Gasteiger partial charge in [0.05, 0.1) is 33.2 Å². The lowest BCUT2D eigenvalue weighted by Gasteiger charge is -2.36. The molecule has 0 aromatic heterocycles. The molecule has 5 aromatic rings. The van der Waals surface area contributed by atoms with Crippen molar-refractivity contribution in [1.82, 2.24) is 9.62 Å². The zero-order valence-electron chi connectivity index (χ0n) is 28.3. The molecule has 3 N–H and O–H groups in total. The highest BCUT2D eigenvalue weighted by molar-refractivity contribution is 7.90. The standard InChI is InChI=1S/C40H33ClN2O9S/c1-24-17-18-29(20-35(24)41)53(50,51)42-37(44)31-21-34(40(48)49)32(22-33(31)39(46)47)38(45)43(36-16-8-11-26-10-5-6-15-30(26)36)23-25-9-7-14-28(19-25)52-27-12-3-2-4-13-27/h2-7,9-10,12-15,17-22,36H,8,11,16,23H2,1H3,(H,42,44)(H,46,47)(H,48,49)/t36-/m0/s1. The largest absolute Gasteiger partial charge is 0.478 e. The first-order valence-electron chi connectivity index (χ1n) is 16.5. The van der Waals surface area contributed by atoms with Crippen molar-refractivity contribution in [2.75, 3.05) is 0 Å². The molecule has 0 radical (unpaired) electrons. The Morgan fingerprint density at radius 3 is 2.17 bits per heavy atom. The minimum absolute atomic E-state index is 0.00905. The van der Waals surface area contributed by atoms with E-state index >= 15 is 0 Å². The zero-order valence-corrected chi connectivity index (χ0v) is 29.9. The molecular formula is C40H33ClN2O9S. The number of rotatable bonds is 11. The molecule has 6 rings (SSSR count). The van der Waals surface area contributed by atoms with Gasteiger partial charge in [0, 0.05) is 11.6 Å². The molecule has 0 fully saturated rings. The number of carbonyl (C=O) groups is 4. The first-order chi connectivity index (χ1) is 25.3.